The van der Waals surface area contributed by atoms with E-state index in [4.69, 9.17) is 11.6 Å². The van der Waals surface area contributed by atoms with Gasteiger partial charge in [0.1, 0.15) is 0 Å². The molecule has 6 heteroatoms. The molecule has 0 saturated heterocycles. The Labute approximate surface area is 226 Å². The van der Waals surface area contributed by atoms with Gasteiger partial charge < -0.3 is 4.57 Å². The summed E-state index contributed by atoms with van der Waals surface area (Å²) in [5, 5.41) is 1.56. The van der Waals surface area contributed by atoms with Crippen LogP contribution in [0.3, 0.4) is 0 Å². The van der Waals surface area contributed by atoms with E-state index < -0.39 is 10.0 Å². The first-order valence-electron chi connectivity index (χ1n) is 13.8. The van der Waals surface area contributed by atoms with E-state index in [0.717, 1.165) is 47.8 Å². The number of rotatable bonds is 8. The van der Waals surface area contributed by atoms with Gasteiger partial charge in [-0.05, 0) is 68.4 Å². The van der Waals surface area contributed by atoms with E-state index in [2.05, 4.69) is 32.3 Å². The highest BCUT2D eigenvalue weighted by atomic mass is 35.5. The molecule has 0 amide bonds. The molecule has 2 aromatic carbocycles. The van der Waals surface area contributed by atoms with Crippen molar-refractivity contribution in [1.82, 2.24) is 8.54 Å². The van der Waals surface area contributed by atoms with Gasteiger partial charge in [0.2, 0.25) is 0 Å². The van der Waals surface area contributed by atoms with E-state index in [0.29, 0.717) is 27.3 Å². The largest absolute Gasteiger partial charge is 0.342 e. The Morgan fingerprint density at radius 3 is 2.41 bits per heavy atom. The zero-order valence-electron chi connectivity index (χ0n) is 22.7. The summed E-state index contributed by atoms with van der Waals surface area (Å²) in [5.41, 5.74) is 6.22. The van der Waals surface area contributed by atoms with Crippen LogP contribution in [0.15, 0.2) is 47.4 Å². The summed E-state index contributed by atoms with van der Waals surface area (Å²) in [6, 6.07) is 12.9. The summed E-state index contributed by atoms with van der Waals surface area (Å²) < 4.78 is 32.8. The van der Waals surface area contributed by atoms with Gasteiger partial charge >= 0.3 is 0 Å². The highest BCUT2D eigenvalue weighted by Gasteiger charge is 2.37. The first-order valence-corrected chi connectivity index (χ1v) is 15.7. The van der Waals surface area contributed by atoms with Gasteiger partial charge in [0.05, 0.1) is 21.4 Å². The molecule has 37 heavy (non-hydrogen) atoms. The molecule has 1 aliphatic carbocycles. The summed E-state index contributed by atoms with van der Waals surface area (Å²) in [5.74, 6) is 1.18. The normalized spacial score (nSPS) is 18.2. The lowest BCUT2D eigenvalue weighted by Gasteiger charge is -2.32. The van der Waals surface area contributed by atoms with Crippen LogP contribution in [-0.2, 0) is 16.6 Å². The number of halogens is 1. The predicted molar refractivity (Wildman–Crippen MR) is 156 cm³/mol. The Morgan fingerprint density at radius 1 is 1.00 bits per heavy atom. The van der Waals surface area contributed by atoms with Crippen LogP contribution >= 0.6 is 11.6 Å². The third-order valence-corrected chi connectivity index (χ3v) is 10.3. The second-order valence-corrected chi connectivity index (χ2v) is 13.5. The maximum atomic E-state index is 14.4. The van der Waals surface area contributed by atoms with Crippen LogP contribution in [0.4, 0.5) is 0 Å². The minimum Gasteiger partial charge on any atom is -0.342 e. The summed E-state index contributed by atoms with van der Waals surface area (Å²) in [6.45, 7) is 12.0. The Hall–Kier alpha value is -2.24. The number of nitrogens with zero attached hydrogens (tertiary/aromatic N) is 2. The molecule has 2 heterocycles. The molecule has 1 aliphatic rings. The number of aromatic nitrogens is 2. The van der Waals surface area contributed by atoms with Gasteiger partial charge in [-0.2, -0.15) is 0 Å². The molecule has 2 aromatic heterocycles. The zero-order valence-corrected chi connectivity index (χ0v) is 24.3. The first kappa shape index (κ1) is 26.4. The molecule has 0 aliphatic heterocycles. The molecular formula is C31H39ClN2O2S. The molecule has 0 bridgehead atoms. The fourth-order valence-corrected chi connectivity index (χ4v) is 8.06. The van der Waals surface area contributed by atoms with Crippen molar-refractivity contribution in [2.45, 2.75) is 96.4 Å². The van der Waals surface area contributed by atoms with Crippen LogP contribution in [0.5, 0.6) is 0 Å². The standard InChI is InChI=1S/C31H39ClN2O2S/c1-6-7-8-9-18-33-29-25(20(2)3)16-12-22(5)28(29)31-30(33)26-19-23(32)13-17-27(26)34(31)37(35,36)24-14-10-21(4)11-15-24/h10-11,13-15,17,19-20,22,25H,6-9,12,16,18H2,1-5H3. The van der Waals surface area contributed by atoms with E-state index >= 15 is 0 Å². The number of unbranched alkanes of at least 4 members (excludes halogenated alkanes) is 3. The van der Waals surface area contributed by atoms with Crippen LogP contribution in [0, 0.1) is 12.8 Å². The van der Waals surface area contributed by atoms with Crippen molar-refractivity contribution in [3.05, 3.63) is 64.3 Å². The molecule has 0 spiro atoms. The number of benzene rings is 2. The van der Waals surface area contributed by atoms with Crippen LogP contribution in [-0.4, -0.2) is 17.0 Å². The third kappa shape index (κ3) is 4.42. The van der Waals surface area contributed by atoms with Gasteiger partial charge in [-0.15, -0.1) is 0 Å². The van der Waals surface area contributed by atoms with Crippen LogP contribution in [0.25, 0.3) is 21.9 Å². The third-order valence-electron chi connectivity index (χ3n) is 8.31. The quantitative estimate of drug-likeness (QED) is 0.210. The summed E-state index contributed by atoms with van der Waals surface area (Å²) >= 11 is 6.54. The van der Waals surface area contributed by atoms with Gasteiger partial charge in [0.15, 0.2) is 0 Å². The van der Waals surface area contributed by atoms with Crippen LogP contribution in [0.2, 0.25) is 5.02 Å². The van der Waals surface area contributed by atoms with Crippen molar-refractivity contribution in [1.29, 1.82) is 0 Å². The number of hydrogen-bond acceptors (Lipinski definition) is 2. The Kier molecular flexibility index (Phi) is 7.23. The number of fused-ring (bicyclic) bond motifs is 5. The van der Waals surface area contributed by atoms with E-state index in [1.807, 2.05) is 37.3 Å². The van der Waals surface area contributed by atoms with E-state index in [-0.39, 0.29) is 5.92 Å². The van der Waals surface area contributed by atoms with Gasteiger partial charge in [0.25, 0.3) is 10.0 Å². The van der Waals surface area contributed by atoms with Crippen molar-refractivity contribution in [3.8, 4) is 0 Å². The highest BCUT2D eigenvalue weighted by molar-refractivity contribution is 7.90. The van der Waals surface area contributed by atoms with Crippen LogP contribution < -0.4 is 0 Å². The van der Waals surface area contributed by atoms with Crippen molar-refractivity contribution in [2.75, 3.05) is 0 Å². The minimum absolute atomic E-state index is 0.288. The second kappa shape index (κ2) is 10.1. The second-order valence-electron chi connectivity index (χ2n) is 11.3. The predicted octanol–water partition coefficient (Wildman–Crippen LogP) is 9.01. The first-order chi connectivity index (χ1) is 17.7. The maximum absolute atomic E-state index is 14.4. The van der Waals surface area contributed by atoms with Gasteiger partial charge in [0, 0.05) is 34.1 Å². The molecular weight excluding hydrogens is 500 g/mol. The molecule has 0 N–H and O–H groups in total. The van der Waals surface area contributed by atoms with E-state index in [1.165, 1.54) is 30.5 Å². The Morgan fingerprint density at radius 2 is 1.73 bits per heavy atom. The molecule has 198 valence electrons. The molecule has 5 rings (SSSR count). The van der Waals surface area contributed by atoms with E-state index in [9.17, 15) is 8.42 Å². The van der Waals surface area contributed by atoms with Crippen molar-refractivity contribution >= 4 is 43.6 Å². The van der Waals surface area contributed by atoms with Crippen molar-refractivity contribution < 1.29 is 8.42 Å². The summed E-state index contributed by atoms with van der Waals surface area (Å²) in [4.78, 5) is 0.320. The topological polar surface area (TPSA) is 44.0 Å². The summed E-state index contributed by atoms with van der Waals surface area (Å²) in [6.07, 6.45) is 6.87. The highest BCUT2D eigenvalue weighted by Crippen LogP contribution is 2.50. The fraction of sp³-hybridized carbons (Fsp3) is 0.484. The van der Waals surface area contributed by atoms with Gasteiger partial charge in [-0.3, -0.25) is 0 Å². The minimum atomic E-state index is -3.83. The number of hydrogen-bond donors (Lipinski definition) is 0. The fourth-order valence-electron chi connectivity index (χ4n) is 6.36. The maximum Gasteiger partial charge on any atom is 0.268 e. The molecule has 2 atom stereocenters. The average molecular weight is 539 g/mol. The lowest BCUT2D eigenvalue weighted by atomic mass is 9.76. The van der Waals surface area contributed by atoms with Crippen molar-refractivity contribution in [2.24, 2.45) is 5.92 Å². The Bertz CT molecular complexity index is 1540. The SMILES string of the molecule is CCCCCCn1c2c(c3c1c1cc(Cl)ccc1n3S(=O)(=O)c1ccc(C)cc1)C(C)CCC2C(C)C. The molecule has 0 fully saturated rings. The van der Waals surface area contributed by atoms with E-state index in [1.54, 1.807) is 16.1 Å². The Balaban J connectivity index is 1.90. The lowest BCUT2D eigenvalue weighted by Crippen LogP contribution is -2.21. The molecule has 4 aromatic rings. The van der Waals surface area contributed by atoms with Crippen molar-refractivity contribution in [3.63, 3.8) is 0 Å². The van der Waals surface area contributed by atoms with Crippen LogP contribution in [0.1, 0.15) is 94.9 Å². The summed E-state index contributed by atoms with van der Waals surface area (Å²) in [7, 11) is -3.83. The zero-order chi connectivity index (χ0) is 26.5. The molecule has 0 radical (unpaired) electrons. The lowest BCUT2D eigenvalue weighted by molar-refractivity contribution is 0.387. The van der Waals surface area contributed by atoms with Gasteiger partial charge in [-0.25, -0.2) is 12.4 Å². The monoisotopic (exact) mass is 538 g/mol. The van der Waals surface area contributed by atoms with Gasteiger partial charge in [-0.1, -0.05) is 76.3 Å². The smallest absolute Gasteiger partial charge is 0.268 e. The molecule has 2 unspecified atom stereocenters. The molecule has 4 nitrogen and oxygen atoms in total. The average Bonchev–Trinajstić information content (AvgIpc) is 3.35. The number of aryl methyl sites for hydroxylation is 2. The molecule has 0 saturated carbocycles.